The highest BCUT2D eigenvalue weighted by Crippen LogP contribution is 2.60. The summed E-state index contributed by atoms with van der Waals surface area (Å²) in [6, 6.07) is 0. The van der Waals surface area contributed by atoms with Gasteiger partial charge in [0.25, 0.3) is 0 Å². The summed E-state index contributed by atoms with van der Waals surface area (Å²) >= 11 is 2.45. The summed E-state index contributed by atoms with van der Waals surface area (Å²) in [5, 5.41) is 0. The molecule has 0 aromatic heterocycles. The van der Waals surface area contributed by atoms with Crippen molar-refractivity contribution in [1.82, 2.24) is 3.11 Å². The minimum atomic E-state index is 0.563. The monoisotopic (exact) mass is 265 g/mol. The second kappa shape index (κ2) is 2.34. The van der Waals surface area contributed by atoms with Crippen LogP contribution in [-0.2, 0) is 0 Å². The molecule has 1 nitrogen and oxygen atoms in total. The number of halogens is 1. The summed E-state index contributed by atoms with van der Waals surface area (Å²) in [7, 11) is 0. The van der Waals surface area contributed by atoms with E-state index < -0.39 is 0 Å². The van der Waals surface area contributed by atoms with Gasteiger partial charge in [-0.25, -0.2) is 3.11 Å². The van der Waals surface area contributed by atoms with E-state index in [0.717, 1.165) is 17.8 Å². The lowest BCUT2D eigenvalue weighted by molar-refractivity contribution is 0.287. The zero-order chi connectivity index (χ0) is 8.22. The third kappa shape index (κ3) is 1.32. The molecule has 0 aromatic rings. The Hall–Kier alpha value is 0.690. The van der Waals surface area contributed by atoms with Crippen molar-refractivity contribution in [2.45, 2.75) is 20.8 Å². The summed E-state index contributed by atoms with van der Waals surface area (Å²) < 4.78 is 2.44. The predicted octanol–water partition coefficient (Wildman–Crippen LogP) is 2.56. The number of fused-ring (bicyclic) bond motifs is 1. The zero-order valence-electron chi connectivity index (χ0n) is 7.47. The molecule has 2 fully saturated rings. The van der Waals surface area contributed by atoms with Crippen molar-refractivity contribution in [1.29, 1.82) is 0 Å². The van der Waals surface area contributed by atoms with Crippen LogP contribution in [0.15, 0.2) is 0 Å². The van der Waals surface area contributed by atoms with Gasteiger partial charge < -0.3 is 0 Å². The van der Waals surface area contributed by atoms with E-state index in [1.165, 1.54) is 13.1 Å². The molecule has 2 atom stereocenters. The van der Waals surface area contributed by atoms with Crippen molar-refractivity contribution < 1.29 is 0 Å². The SMILES string of the molecule is CC(C)(C)C1C2CN(I)CC21. The maximum Gasteiger partial charge on any atom is 0.0201 e. The minimum absolute atomic E-state index is 0.563. The number of hydrogen-bond donors (Lipinski definition) is 0. The fraction of sp³-hybridized carbons (Fsp3) is 1.00. The summed E-state index contributed by atoms with van der Waals surface area (Å²) in [6.07, 6.45) is 0. The summed E-state index contributed by atoms with van der Waals surface area (Å²) in [5.41, 5.74) is 0.563. The zero-order valence-corrected chi connectivity index (χ0v) is 9.63. The van der Waals surface area contributed by atoms with Crippen molar-refractivity contribution in [3.05, 3.63) is 0 Å². The molecule has 2 rings (SSSR count). The predicted molar refractivity (Wildman–Crippen MR) is 55.5 cm³/mol. The van der Waals surface area contributed by atoms with Crippen LogP contribution in [0.25, 0.3) is 0 Å². The molecule has 0 radical (unpaired) electrons. The van der Waals surface area contributed by atoms with Gasteiger partial charge in [-0.1, -0.05) is 20.8 Å². The number of rotatable bonds is 0. The van der Waals surface area contributed by atoms with E-state index in [4.69, 9.17) is 0 Å². The lowest BCUT2D eigenvalue weighted by Gasteiger charge is -2.22. The lowest BCUT2D eigenvalue weighted by Crippen LogP contribution is -2.20. The Balaban J connectivity index is 1.98. The van der Waals surface area contributed by atoms with Crippen LogP contribution in [0.3, 0.4) is 0 Å². The lowest BCUT2D eigenvalue weighted by atomic mass is 9.87. The van der Waals surface area contributed by atoms with Crippen LogP contribution in [0.4, 0.5) is 0 Å². The Morgan fingerprint density at radius 3 is 2.00 bits per heavy atom. The van der Waals surface area contributed by atoms with E-state index >= 15 is 0 Å². The van der Waals surface area contributed by atoms with Crippen LogP contribution in [-0.4, -0.2) is 16.2 Å². The van der Waals surface area contributed by atoms with Crippen molar-refractivity contribution in [3.8, 4) is 0 Å². The Labute approximate surface area is 83.0 Å². The fourth-order valence-electron chi connectivity index (χ4n) is 2.76. The molecule has 0 amide bonds. The smallest absolute Gasteiger partial charge is 0.0201 e. The molecule has 2 unspecified atom stereocenters. The highest BCUT2D eigenvalue weighted by atomic mass is 127. The van der Waals surface area contributed by atoms with Crippen LogP contribution in [0.2, 0.25) is 0 Å². The molecule has 0 bridgehead atoms. The normalized spacial score (nSPS) is 44.2. The first-order valence-electron chi connectivity index (χ1n) is 4.41. The summed E-state index contributed by atoms with van der Waals surface area (Å²) in [5.74, 6) is 3.09. The highest BCUT2D eigenvalue weighted by Gasteiger charge is 2.59. The first-order chi connectivity index (χ1) is 5.00. The molecule has 1 heterocycles. The van der Waals surface area contributed by atoms with E-state index in [0.29, 0.717) is 5.41 Å². The van der Waals surface area contributed by atoms with E-state index in [-0.39, 0.29) is 0 Å². The number of nitrogens with zero attached hydrogens (tertiary/aromatic N) is 1. The Morgan fingerprint density at radius 2 is 1.64 bits per heavy atom. The average molecular weight is 265 g/mol. The maximum absolute atomic E-state index is 2.45. The van der Waals surface area contributed by atoms with E-state index in [9.17, 15) is 0 Å². The van der Waals surface area contributed by atoms with E-state index in [1.807, 2.05) is 0 Å². The Morgan fingerprint density at radius 1 is 1.18 bits per heavy atom. The van der Waals surface area contributed by atoms with E-state index in [1.54, 1.807) is 0 Å². The third-order valence-corrected chi connectivity index (χ3v) is 3.94. The second-order valence-corrected chi connectivity index (χ2v) is 6.41. The molecular weight excluding hydrogens is 249 g/mol. The van der Waals surface area contributed by atoms with E-state index in [2.05, 4.69) is 46.7 Å². The Kier molecular flexibility index (Phi) is 1.77. The summed E-state index contributed by atoms with van der Waals surface area (Å²) in [4.78, 5) is 0. The number of hydrogen-bond acceptors (Lipinski definition) is 1. The van der Waals surface area contributed by atoms with Crippen LogP contribution < -0.4 is 0 Å². The van der Waals surface area contributed by atoms with Crippen LogP contribution in [0.1, 0.15) is 20.8 Å². The largest absolute Gasteiger partial charge is 0.247 e. The van der Waals surface area contributed by atoms with Crippen molar-refractivity contribution in [2.24, 2.45) is 23.2 Å². The van der Waals surface area contributed by atoms with Gasteiger partial charge in [-0.3, -0.25) is 0 Å². The van der Waals surface area contributed by atoms with Gasteiger partial charge in [0.05, 0.1) is 0 Å². The molecule has 1 aliphatic heterocycles. The highest BCUT2D eigenvalue weighted by molar-refractivity contribution is 14.1. The first-order valence-corrected chi connectivity index (χ1v) is 5.37. The molecule has 0 aromatic carbocycles. The van der Waals surface area contributed by atoms with Gasteiger partial charge in [-0.05, 0) is 23.2 Å². The molecular formula is C9H16IN. The van der Waals surface area contributed by atoms with Crippen LogP contribution in [0.5, 0.6) is 0 Å². The van der Waals surface area contributed by atoms with Crippen LogP contribution >= 0.6 is 22.9 Å². The van der Waals surface area contributed by atoms with Gasteiger partial charge >= 0.3 is 0 Å². The third-order valence-electron chi connectivity index (χ3n) is 3.15. The Bertz CT molecular complexity index is 161. The fourth-order valence-corrected chi connectivity index (χ4v) is 3.67. The first kappa shape index (κ1) is 8.30. The molecule has 1 saturated carbocycles. The molecule has 0 N–H and O–H groups in total. The van der Waals surface area contributed by atoms with Gasteiger partial charge in [0.2, 0.25) is 0 Å². The molecule has 1 saturated heterocycles. The molecule has 64 valence electrons. The summed E-state index contributed by atoms with van der Waals surface area (Å²) in [6.45, 7) is 9.83. The van der Waals surface area contributed by atoms with Crippen LogP contribution in [0, 0.1) is 23.2 Å². The topological polar surface area (TPSA) is 3.24 Å². The van der Waals surface area contributed by atoms with Gasteiger partial charge in [0.1, 0.15) is 0 Å². The number of piperidine rings is 1. The molecule has 1 aliphatic carbocycles. The van der Waals surface area contributed by atoms with Gasteiger partial charge in [0, 0.05) is 36.0 Å². The average Bonchev–Trinajstić information content (AvgIpc) is 2.31. The van der Waals surface area contributed by atoms with Gasteiger partial charge in [-0.15, -0.1) is 0 Å². The molecule has 2 aliphatic rings. The molecule has 11 heavy (non-hydrogen) atoms. The minimum Gasteiger partial charge on any atom is -0.247 e. The van der Waals surface area contributed by atoms with Crippen molar-refractivity contribution in [3.63, 3.8) is 0 Å². The van der Waals surface area contributed by atoms with Gasteiger partial charge in [0.15, 0.2) is 0 Å². The van der Waals surface area contributed by atoms with Crippen molar-refractivity contribution in [2.75, 3.05) is 13.1 Å². The quantitative estimate of drug-likeness (QED) is 0.480. The second-order valence-electron chi connectivity index (χ2n) is 5.05. The standard InChI is InChI=1S/C9H16IN/c1-9(2,3)8-6-4-11(10)5-7(6)8/h6-8H,4-5H2,1-3H3. The van der Waals surface area contributed by atoms with Crippen molar-refractivity contribution >= 4 is 22.9 Å². The molecule has 2 heteroatoms. The van der Waals surface area contributed by atoms with Gasteiger partial charge in [-0.2, -0.15) is 0 Å². The molecule has 0 spiro atoms. The maximum atomic E-state index is 2.45.